The molecule has 0 atom stereocenters. The summed E-state index contributed by atoms with van der Waals surface area (Å²) < 4.78 is 26.9. The molecule has 1 heterocycles. The van der Waals surface area contributed by atoms with Gasteiger partial charge in [-0.2, -0.15) is 0 Å². The third-order valence-corrected chi connectivity index (χ3v) is 4.59. The van der Waals surface area contributed by atoms with E-state index in [-0.39, 0.29) is 23.2 Å². The van der Waals surface area contributed by atoms with E-state index in [0.717, 1.165) is 11.3 Å². The van der Waals surface area contributed by atoms with Crippen LogP contribution in [0.5, 0.6) is 0 Å². The average molecular weight is 385 g/mol. The van der Waals surface area contributed by atoms with Gasteiger partial charge in [0.2, 0.25) is 5.91 Å². The number of benzene rings is 2. The maximum atomic E-state index is 13.8. The van der Waals surface area contributed by atoms with E-state index in [1.54, 1.807) is 31.2 Å². The first-order chi connectivity index (χ1) is 12.9. The zero-order chi connectivity index (χ0) is 19.4. The number of aryl methyl sites for hydroxylation is 2. The largest absolute Gasteiger partial charge is 0.323 e. The van der Waals surface area contributed by atoms with Crippen LogP contribution in [-0.2, 0) is 4.79 Å². The molecule has 0 radical (unpaired) electrons. The van der Waals surface area contributed by atoms with Crippen LogP contribution in [0, 0.1) is 25.5 Å². The van der Waals surface area contributed by atoms with Crippen molar-refractivity contribution in [2.24, 2.45) is 0 Å². The Labute approximate surface area is 160 Å². The monoisotopic (exact) mass is 385 g/mol. The number of rotatable bonds is 5. The van der Waals surface area contributed by atoms with Gasteiger partial charge in [-0.05, 0) is 61.9 Å². The van der Waals surface area contributed by atoms with Crippen LogP contribution in [-0.4, -0.2) is 21.6 Å². The van der Waals surface area contributed by atoms with Crippen molar-refractivity contribution in [2.75, 3.05) is 11.1 Å². The number of aromatic nitrogens is 2. The number of halogens is 2. The zero-order valence-corrected chi connectivity index (χ0v) is 15.6. The number of hydrogen-bond donors (Lipinski definition) is 1. The Kier molecular flexibility index (Phi) is 5.81. The van der Waals surface area contributed by atoms with E-state index in [1.807, 2.05) is 6.92 Å². The Balaban J connectivity index is 1.68. The maximum Gasteiger partial charge on any atom is 0.234 e. The molecular weight excluding hydrogens is 368 g/mol. The standard InChI is InChI=1S/C20H17F2N3OS/c1-12-3-8-17(16(22)9-12)24-18(26)11-27-19-10-13(2)23-20(25-19)14-4-6-15(21)7-5-14/h3-10H,11H2,1-2H3,(H,24,26). The summed E-state index contributed by atoms with van der Waals surface area (Å²) in [4.78, 5) is 20.9. The number of carbonyl (C=O) groups excluding carboxylic acids is 1. The molecule has 27 heavy (non-hydrogen) atoms. The van der Waals surface area contributed by atoms with Gasteiger partial charge in [0.1, 0.15) is 16.7 Å². The molecule has 0 spiro atoms. The third kappa shape index (κ3) is 5.10. The molecule has 1 N–H and O–H groups in total. The first-order valence-corrected chi connectivity index (χ1v) is 9.20. The lowest BCUT2D eigenvalue weighted by Gasteiger charge is -2.08. The van der Waals surface area contributed by atoms with Crippen molar-refractivity contribution in [3.8, 4) is 11.4 Å². The molecule has 0 aliphatic rings. The minimum atomic E-state index is -0.468. The van der Waals surface area contributed by atoms with Crippen molar-refractivity contribution in [3.05, 3.63) is 71.4 Å². The predicted octanol–water partition coefficient (Wildman–Crippen LogP) is 4.77. The van der Waals surface area contributed by atoms with Crippen molar-refractivity contribution in [1.82, 2.24) is 9.97 Å². The van der Waals surface area contributed by atoms with E-state index in [1.165, 1.54) is 36.0 Å². The highest BCUT2D eigenvalue weighted by molar-refractivity contribution is 7.99. The van der Waals surface area contributed by atoms with E-state index in [0.29, 0.717) is 16.4 Å². The van der Waals surface area contributed by atoms with E-state index >= 15 is 0 Å². The van der Waals surface area contributed by atoms with Crippen LogP contribution in [0.4, 0.5) is 14.5 Å². The highest BCUT2D eigenvalue weighted by atomic mass is 32.2. The van der Waals surface area contributed by atoms with Gasteiger partial charge in [0.05, 0.1) is 11.4 Å². The topological polar surface area (TPSA) is 54.9 Å². The van der Waals surface area contributed by atoms with Crippen LogP contribution in [0.15, 0.2) is 53.6 Å². The summed E-state index contributed by atoms with van der Waals surface area (Å²) in [5.41, 5.74) is 2.35. The van der Waals surface area contributed by atoms with Crippen molar-refractivity contribution in [1.29, 1.82) is 0 Å². The molecule has 0 aliphatic heterocycles. The van der Waals surface area contributed by atoms with E-state index in [9.17, 15) is 13.6 Å². The lowest BCUT2D eigenvalue weighted by Crippen LogP contribution is -2.15. The number of nitrogens with one attached hydrogen (secondary N) is 1. The molecule has 7 heteroatoms. The number of nitrogens with zero attached hydrogens (tertiary/aromatic N) is 2. The Bertz CT molecular complexity index is 977. The summed E-state index contributed by atoms with van der Waals surface area (Å²) in [6.45, 7) is 3.60. The van der Waals surface area contributed by atoms with Crippen LogP contribution < -0.4 is 5.32 Å². The number of hydrogen-bond acceptors (Lipinski definition) is 4. The summed E-state index contributed by atoms with van der Waals surface area (Å²) in [5, 5.41) is 3.17. The lowest BCUT2D eigenvalue weighted by atomic mass is 10.2. The molecule has 1 amide bonds. The van der Waals surface area contributed by atoms with Crippen molar-refractivity contribution >= 4 is 23.4 Å². The van der Waals surface area contributed by atoms with Crippen LogP contribution in [0.2, 0.25) is 0 Å². The third-order valence-electron chi connectivity index (χ3n) is 3.68. The van der Waals surface area contributed by atoms with Crippen LogP contribution >= 0.6 is 11.8 Å². The zero-order valence-electron chi connectivity index (χ0n) is 14.8. The van der Waals surface area contributed by atoms with Gasteiger partial charge in [0.25, 0.3) is 0 Å². The molecule has 0 unspecified atom stereocenters. The van der Waals surface area contributed by atoms with Gasteiger partial charge in [0, 0.05) is 11.3 Å². The summed E-state index contributed by atoms with van der Waals surface area (Å²) in [5.74, 6) is -0.595. The highest BCUT2D eigenvalue weighted by Crippen LogP contribution is 2.22. The Morgan fingerprint density at radius 3 is 2.48 bits per heavy atom. The van der Waals surface area contributed by atoms with E-state index in [4.69, 9.17) is 0 Å². The van der Waals surface area contributed by atoms with Crippen molar-refractivity contribution < 1.29 is 13.6 Å². The number of thioether (sulfide) groups is 1. The Hall–Kier alpha value is -2.80. The van der Waals surface area contributed by atoms with Gasteiger partial charge in [-0.25, -0.2) is 18.7 Å². The second-order valence-electron chi connectivity index (χ2n) is 6.00. The summed E-state index contributed by atoms with van der Waals surface area (Å²) in [6.07, 6.45) is 0. The van der Waals surface area contributed by atoms with Gasteiger partial charge in [0.15, 0.2) is 5.82 Å². The molecule has 1 aromatic heterocycles. The molecule has 0 aliphatic carbocycles. The normalized spacial score (nSPS) is 10.7. The summed E-state index contributed by atoms with van der Waals surface area (Å²) >= 11 is 1.22. The van der Waals surface area contributed by atoms with Gasteiger partial charge in [-0.3, -0.25) is 4.79 Å². The lowest BCUT2D eigenvalue weighted by molar-refractivity contribution is -0.113. The molecule has 0 saturated carbocycles. The Morgan fingerprint density at radius 2 is 1.78 bits per heavy atom. The maximum absolute atomic E-state index is 13.8. The van der Waals surface area contributed by atoms with E-state index < -0.39 is 5.82 Å². The smallest absolute Gasteiger partial charge is 0.234 e. The minimum Gasteiger partial charge on any atom is -0.323 e. The average Bonchev–Trinajstić information content (AvgIpc) is 2.62. The molecule has 2 aromatic carbocycles. The van der Waals surface area contributed by atoms with Gasteiger partial charge in [-0.1, -0.05) is 17.8 Å². The number of amides is 1. The number of carbonyl (C=O) groups is 1. The molecule has 3 aromatic rings. The fourth-order valence-corrected chi connectivity index (χ4v) is 3.15. The SMILES string of the molecule is Cc1ccc(NC(=O)CSc2cc(C)nc(-c3ccc(F)cc3)n2)c(F)c1. The quantitative estimate of drug-likeness (QED) is 0.508. The van der Waals surface area contributed by atoms with Crippen LogP contribution in [0.3, 0.4) is 0 Å². The molecule has 138 valence electrons. The number of anilines is 1. The minimum absolute atomic E-state index is 0.0760. The molecule has 0 fully saturated rings. The van der Waals surface area contributed by atoms with Crippen LogP contribution in [0.25, 0.3) is 11.4 Å². The first-order valence-electron chi connectivity index (χ1n) is 8.21. The second-order valence-corrected chi connectivity index (χ2v) is 6.99. The highest BCUT2D eigenvalue weighted by Gasteiger charge is 2.10. The molecule has 4 nitrogen and oxygen atoms in total. The summed E-state index contributed by atoms with van der Waals surface area (Å²) in [6, 6.07) is 12.3. The van der Waals surface area contributed by atoms with Gasteiger partial charge >= 0.3 is 0 Å². The Morgan fingerprint density at radius 1 is 1.04 bits per heavy atom. The van der Waals surface area contributed by atoms with Crippen LogP contribution in [0.1, 0.15) is 11.3 Å². The second kappa shape index (κ2) is 8.26. The van der Waals surface area contributed by atoms with Crippen molar-refractivity contribution in [3.63, 3.8) is 0 Å². The van der Waals surface area contributed by atoms with Gasteiger partial charge < -0.3 is 5.32 Å². The van der Waals surface area contributed by atoms with Crippen molar-refractivity contribution in [2.45, 2.75) is 18.9 Å². The molecule has 0 bridgehead atoms. The van der Waals surface area contributed by atoms with E-state index in [2.05, 4.69) is 15.3 Å². The fourth-order valence-electron chi connectivity index (χ4n) is 2.39. The fraction of sp³-hybridized carbons (Fsp3) is 0.150. The molecular formula is C20H17F2N3OS. The van der Waals surface area contributed by atoms with Gasteiger partial charge in [-0.15, -0.1) is 0 Å². The molecule has 0 saturated heterocycles. The predicted molar refractivity (Wildman–Crippen MR) is 103 cm³/mol. The summed E-state index contributed by atoms with van der Waals surface area (Å²) in [7, 11) is 0. The first kappa shape index (κ1) is 19.0. The molecule has 3 rings (SSSR count).